The lowest BCUT2D eigenvalue weighted by Crippen LogP contribution is -2.46. The van der Waals surface area contributed by atoms with E-state index in [2.05, 4.69) is 28.3 Å². The van der Waals surface area contributed by atoms with Crippen LogP contribution in [0.2, 0.25) is 0 Å². The summed E-state index contributed by atoms with van der Waals surface area (Å²) in [4.78, 5) is 19.4. The Morgan fingerprint density at radius 3 is 2.75 bits per heavy atom. The van der Waals surface area contributed by atoms with Gasteiger partial charge in [0.15, 0.2) is 0 Å². The maximum absolute atomic E-state index is 12.6. The molecule has 1 saturated heterocycles. The Bertz CT molecular complexity index is 611. The highest BCUT2D eigenvalue weighted by Gasteiger charge is 2.33. The number of aryl methyl sites for hydroxylation is 1. The highest BCUT2D eigenvalue weighted by atomic mass is 16.5. The number of aromatic nitrogens is 1. The second kappa shape index (κ2) is 6.71. The molecule has 2 fully saturated rings. The van der Waals surface area contributed by atoms with Crippen molar-refractivity contribution in [1.29, 1.82) is 0 Å². The maximum Gasteiger partial charge on any atom is 0.229 e. The molecule has 0 bridgehead atoms. The van der Waals surface area contributed by atoms with Crippen molar-refractivity contribution in [3.63, 3.8) is 0 Å². The van der Waals surface area contributed by atoms with Crippen molar-refractivity contribution < 1.29 is 9.53 Å². The summed E-state index contributed by atoms with van der Waals surface area (Å²) in [6.07, 6.45) is 3.44. The van der Waals surface area contributed by atoms with Crippen LogP contribution in [0.1, 0.15) is 50.3 Å². The molecule has 0 radical (unpaired) electrons. The number of hydrogen-bond donors (Lipinski definition) is 1. The Morgan fingerprint density at radius 1 is 1.38 bits per heavy atom. The van der Waals surface area contributed by atoms with Gasteiger partial charge in [0.1, 0.15) is 6.61 Å². The number of rotatable bonds is 6. The standard InChI is InChI=1S/C19H29N3O2/c1-13-5-8-16(14-6-7-14)17(20-13)24-12-19(2,3)18(23)21-15-9-10-22(4)11-15/h5,8,14-15H,6-7,9-12H2,1-4H3,(H,21,23). The van der Waals surface area contributed by atoms with Gasteiger partial charge in [0.2, 0.25) is 11.8 Å². The number of likely N-dealkylation sites (tertiary alicyclic amines) is 1. The number of carbonyl (C=O) groups excluding carboxylic acids is 1. The van der Waals surface area contributed by atoms with Crippen LogP contribution in [-0.2, 0) is 4.79 Å². The number of nitrogens with one attached hydrogen (secondary N) is 1. The maximum atomic E-state index is 12.6. The van der Waals surface area contributed by atoms with Gasteiger partial charge in [0.05, 0.1) is 5.41 Å². The first-order valence-corrected chi connectivity index (χ1v) is 8.95. The third-order valence-electron chi connectivity index (χ3n) is 4.96. The SMILES string of the molecule is Cc1ccc(C2CC2)c(OCC(C)(C)C(=O)NC2CCN(C)C2)n1. The van der Waals surface area contributed by atoms with Crippen LogP contribution in [0.5, 0.6) is 5.88 Å². The van der Waals surface area contributed by atoms with Crippen molar-refractivity contribution in [2.24, 2.45) is 5.41 Å². The van der Waals surface area contributed by atoms with Crippen molar-refractivity contribution in [2.45, 2.75) is 52.0 Å². The molecule has 1 aromatic heterocycles. The molecule has 5 nitrogen and oxygen atoms in total. The van der Waals surface area contributed by atoms with Crippen LogP contribution in [0, 0.1) is 12.3 Å². The van der Waals surface area contributed by atoms with Crippen molar-refractivity contribution in [3.8, 4) is 5.88 Å². The summed E-state index contributed by atoms with van der Waals surface area (Å²) in [7, 11) is 2.09. The molecule has 132 valence electrons. The van der Waals surface area contributed by atoms with Gasteiger partial charge in [0.25, 0.3) is 0 Å². The molecule has 1 atom stereocenters. The van der Waals surface area contributed by atoms with Gasteiger partial charge in [-0.1, -0.05) is 6.07 Å². The smallest absolute Gasteiger partial charge is 0.229 e. The van der Waals surface area contributed by atoms with E-state index in [1.54, 1.807) is 0 Å². The molecule has 1 unspecified atom stereocenters. The highest BCUT2D eigenvalue weighted by Crippen LogP contribution is 2.43. The molecule has 0 aromatic carbocycles. The average Bonchev–Trinajstić information content (AvgIpc) is 3.28. The summed E-state index contributed by atoms with van der Waals surface area (Å²) in [5, 5.41) is 3.17. The molecular weight excluding hydrogens is 302 g/mol. The number of nitrogens with zero attached hydrogens (tertiary/aromatic N) is 2. The van der Waals surface area contributed by atoms with E-state index < -0.39 is 5.41 Å². The van der Waals surface area contributed by atoms with E-state index in [-0.39, 0.29) is 11.9 Å². The van der Waals surface area contributed by atoms with Gasteiger partial charge >= 0.3 is 0 Å². The van der Waals surface area contributed by atoms with Gasteiger partial charge in [0, 0.05) is 23.8 Å². The summed E-state index contributed by atoms with van der Waals surface area (Å²) >= 11 is 0. The Labute approximate surface area is 144 Å². The van der Waals surface area contributed by atoms with Crippen LogP contribution in [0.3, 0.4) is 0 Å². The van der Waals surface area contributed by atoms with Crippen LogP contribution < -0.4 is 10.1 Å². The van der Waals surface area contributed by atoms with E-state index >= 15 is 0 Å². The minimum Gasteiger partial charge on any atom is -0.476 e. The van der Waals surface area contributed by atoms with Crippen LogP contribution in [0.4, 0.5) is 0 Å². The van der Waals surface area contributed by atoms with E-state index in [1.807, 2.05) is 26.8 Å². The predicted molar refractivity (Wildman–Crippen MR) is 94.3 cm³/mol. The summed E-state index contributed by atoms with van der Waals surface area (Å²) in [5.41, 5.74) is 1.56. The number of amides is 1. The number of pyridine rings is 1. The molecular formula is C19H29N3O2. The minimum absolute atomic E-state index is 0.0587. The molecule has 3 rings (SSSR count). The van der Waals surface area contributed by atoms with Crippen LogP contribution >= 0.6 is 0 Å². The molecule has 1 aliphatic heterocycles. The van der Waals surface area contributed by atoms with Crippen molar-refractivity contribution in [3.05, 3.63) is 23.4 Å². The van der Waals surface area contributed by atoms with Gasteiger partial charge < -0.3 is 15.0 Å². The fourth-order valence-corrected chi connectivity index (χ4v) is 3.11. The first kappa shape index (κ1) is 17.2. The monoisotopic (exact) mass is 331 g/mol. The predicted octanol–water partition coefficient (Wildman–Crippen LogP) is 2.49. The molecule has 5 heteroatoms. The second-order valence-corrected chi connectivity index (χ2v) is 8.02. The lowest BCUT2D eigenvalue weighted by Gasteiger charge is -2.26. The van der Waals surface area contributed by atoms with E-state index in [9.17, 15) is 4.79 Å². The van der Waals surface area contributed by atoms with Crippen LogP contribution in [-0.4, -0.2) is 48.6 Å². The molecule has 1 aliphatic carbocycles. The molecule has 1 aromatic rings. The molecule has 2 aliphatic rings. The van der Waals surface area contributed by atoms with Gasteiger partial charge in [-0.05, 0) is 65.6 Å². The second-order valence-electron chi connectivity index (χ2n) is 8.02. The van der Waals surface area contributed by atoms with Gasteiger partial charge in [-0.25, -0.2) is 4.98 Å². The number of likely N-dealkylation sites (N-methyl/N-ethyl adjacent to an activating group) is 1. The first-order chi connectivity index (χ1) is 11.3. The summed E-state index contributed by atoms with van der Waals surface area (Å²) in [5.74, 6) is 1.35. The van der Waals surface area contributed by atoms with Crippen LogP contribution in [0.15, 0.2) is 12.1 Å². The highest BCUT2D eigenvalue weighted by molar-refractivity contribution is 5.82. The lowest BCUT2D eigenvalue weighted by molar-refractivity contribution is -0.131. The summed E-state index contributed by atoms with van der Waals surface area (Å²) in [6.45, 7) is 8.16. The Kier molecular flexibility index (Phi) is 4.81. The average molecular weight is 331 g/mol. The molecule has 1 N–H and O–H groups in total. The Morgan fingerprint density at radius 2 is 2.12 bits per heavy atom. The topological polar surface area (TPSA) is 54.5 Å². The van der Waals surface area contributed by atoms with E-state index in [0.717, 1.165) is 25.2 Å². The zero-order valence-electron chi connectivity index (χ0n) is 15.3. The number of ether oxygens (including phenoxy) is 1. The summed E-state index contributed by atoms with van der Waals surface area (Å²) in [6, 6.07) is 4.41. The van der Waals surface area contributed by atoms with Gasteiger partial charge in [-0.3, -0.25) is 4.79 Å². The molecule has 24 heavy (non-hydrogen) atoms. The minimum atomic E-state index is -0.576. The lowest BCUT2D eigenvalue weighted by atomic mass is 9.93. The first-order valence-electron chi connectivity index (χ1n) is 8.95. The molecule has 2 heterocycles. The van der Waals surface area contributed by atoms with Gasteiger partial charge in [-0.15, -0.1) is 0 Å². The van der Waals surface area contributed by atoms with Crippen molar-refractivity contribution >= 4 is 5.91 Å². The molecule has 0 spiro atoms. The Balaban J connectivity index is 1.60. The number of hydrogen-bond acceptors (Lipinski definition) is 4. The zero-order valence-corrected chi connectivity index (χ0v) is 15.3. The third kappa shape index (κ3) is 4.07. The largest absolute Gasteiger partial charge is 0.476 e. The zero-order chi connectivity index (χ0) is 17.3. The van der Waals surface area contributed by atoms with Crippen LogP contribution in [0.25, 0.3) is 0 Å². The van der Waals surface area contributed by atoms with Crippen molar-refractivity contribution in [1.82, 2.24) is 15.2 Å². The van der Waals surface area contributed by atoms with Gasteiger partial charge in [-0.2, -0.15) is 0 Å². The Hall–Kier alpha value is -1.62. The fourth-order valence-electron chi connectivity index (χ4n) is 3.11. The van der Waals surface area contributed by atoms with Crippen molar-refractivity contribution in [2.75, 3.05) is 26.7 Å². The molecule has 1 saturated carbocycles. The summed E-state index contributed by atoms with van der Waals surface area (Å²) < 4.78 is 6.01. The normalized spacial score (nSPS) is 21.8. The van der Waals surface area contributed by atoms with E-state index in [1.165, 1.54) is 18.4 Å². The van der Waals surface area contributed by atoms with E-state index in [4.69, 9.17) is 4.74 Å². The third-order valence-corrected chi connectivity index (χ3v) is 4.96. The fraction of sp³-hybridized carbons (Fsp3) is 0.684. The molecule has 1 amide bonds. The van der Waals surface area contributed by atoms with E-state index in [0.29, 0.717) is 18.4 Å². The number of carbonyl (C=O) groups is 1. The quantitative estimate of drug-likeness (QED) is 0.870.